The van der Waals surface area contributed by atoms with E-state index in [9.17, 15) is 18.0 Å². The van der Waals surface area contributed by atoms with E-state index in [0.29, 0.717) is 11.6 Å². The van der Waals surface area contributed by atoms with Gasteiger partial charge < -0.3 is 10.1 Å². The lowest BCUT2D eigenvalue weighted by molar-refractivity contribution is -0.122. The number of nitriles is 1. The number of carbonyl (C=O) groups is 1. The molecule has 0 aliphatic carbocycles. The van der Waals surface area contributed by atoms with Crippen molar-refractivity contribution in [1.29, 1.82) is 5.26 Å². The van der Waals surface area contributed by atoms with Gasteiger partial charge in [0.1, 0.15) is 5.75 Å². The third-order valence-electron chi connectivity index (χ3n) is 2.94. The summed E-state index contributed by atoms with van der Waals surface area (Å²) in [4.78, 5) is 11.9. The average Bonchev–Trinajstić information content (AvgIpc) is 2.55. The molecule has 118 valence electrons. The molecule has 2 aromatic rings. The highest BCUT2D eigenvalue weighted by Crippen LogP contribution is 2.20. The van der Waals surface area contributed by atoms with Crippen molar-refractivity contribution in [1.82, 2.24) is 0 Å². The largest absolute Gasteiger partial charge is 0.481 e. The monoisotopic (exact) mass is 320 g/mol. The fraction of sp³-hybridized carbons (Fsp3) is 0.125. The molecule has 0 bridgehead atoms. The van der Waals surface area contributed by atoms with Crippen molar-refractivity contribution in [3.05, 3.63) is 59.4 Å². The molecule has 0 radical (unpaired) electrons. The summed E-state index contributed by atoms with van der Waals surface area (Å²) in [6.07, 6.45) is -1.04. The molecule has 7 heteroatoms. The fourth-order valence-corrected chi connectivity index (χ4v) is 1.75. The predicted octanol–water partition coefficient (Wildman–Crippen LogP) is 3.38. The quantitative estimate of drug-likeness (QED) is 0.879. The van der Waals surface area contributed by atoms with Gasteiger partial charge in [0, 0.05) is 0 Å². The van der Waals surface area contributed by atoms with E-state index in [1.54, 1.807) is 18.2 Å². The first kappa shape index (κ1) is 16.4. The van der Waals surface area contributed by atoms with E-state index in [2.05, 4.69) is 5.32 Å². The fourth-order valence-electron chi connectivity index (χ4n) is 1.75. The number of benzene rings is 2. The van der Waals surface area contributed by atoms with Gasteiger partial charge in [0.2, 0.25) is 0 Å². The van der Waals surface area contributed by atoms with Crippen LogP contribution in [0.1, 0.15) is 12.5 Å². The lowest BCUT2D eigenvalue weighted by Crippen LogP contribution is -2.30. The number of amides is 1. The van der Waals surface area contributed by atoms with Crippen molar-refractivity contribution in [2.45, 2.75) is 13.0 Å². The van der Waals surface area contributed by atoms with E-state index in [1.165, 1.54) is 13.0 Å². The molecule has 0 spiro atoms. The van der Waals surface area contributed by atoms with Gasteiger partial charge >= 0.3 is 0 Å². The van der Waals surface area contributed by atoms with Gasteiger partial charge in [-0.3, -0.25) is 4.79 Å². The zero-order valence-corrected chi connectivity index (χ0v) is 11.9. The summed E-state index contributed by atoms with van der Waals surface area (Å²) in [6.45, 7) is 1.40. The van der Waals surface area contributed by atoms with E-state index < -0.39 is 35.2 Å². The van der Waals surface area contributed by atoms with Crippen molar-refractivity contribution in [2.75, 3.05) is 5.32 Å². The van der Waals surface area contributed by atoms with E-state index in [4.69, 9.17) is 10.00 Å². The van der Waals surface area contributed by atoms with Crippen LogP contribution in [0.3, 0.4) is 0 Å². The van der Waals surface area contributed by atoms with E-state index in [1.807, 2.05) is 6.07 Å². The Morgan fingerprint density at radius 3 is 2.65 bits per heavy atom. The molecule has 23 heavy (non-hydrogen) atoms. The summed E-state index contributed by atoms with van der Waals surface area (Å²) in [5.41, 5.74) is -0.142. The number of anilines is 1. The van der Waals surface area contributed by atoms with Crippen LogP contribution < -0.4 is 10.1 Å². The van der Waals surface area contributed by atoms with Crippen LogP contribution in [0.25, 0.3) is 0 Å². The second-order valence-electron chi connectivity index (χ2n) is 4.61. The third kappa shape index (κ3) is 3.80. The highest BCUT2D eigenvalue weighted by Gasteiger charge is 2.19. The van der Waals surface area contributed by atoms with Gasteiger partial charge in [-0.1, -0.05) is 6.07 Å². The number of rotatable bonds is 4. The van der Waals surface area contributed by atoms with Gasteiger partial charge in [0.15, 0.2) is 23.6 Å². The minimum atomic E-state index is -1.67. The molecule has 0 aliphatic rings. The SMILES string of the molecule is C[C@@H](Oc1cccc(C#N)c1)C(=O)Nc1ccc(F)c(F)c1F. The number of hydrogen-bond donors (Lipinski definition) is 1. The van der Waals surface area contributed by atoms with Gasteiger partial charge in [-0.05, 0) is 37.3 Å². The molecule has 4 nitrogen and oxygen atoms in total. The number of ether oxygens (including phenoxy) is 1. The number of nitrogens with zero attached hydrogens (tertiary/aromatic N) is 1. The zero-order valence-electron chi connectivity index (χ0n) is 11.9. The minimum absolute atomic E-state index is 0.275. The van der Waals surface area contributed by atoms with Gasteiger partial charge in [-0.15, -0.1) is 0 Å². The Bertz CT molecular complexity index is 787. The summed E-state index contributed by atoms with van der Waals surface area (Å²) < 4.78 is 44.8. The van der Waals surface area contributed by atoms with Crippen molar-refractivity contribution in [2.24, 2.45) is 0 Å². The van der Waals surface area contributed by atoms with E-state index in [-0.39, 0.29) is 5.75 Å². The number of carbonyl (C=O) groups excluding carboxylic acids is 1. The Balaban J connectivity index is 2.08. The maximum Gasteiger partial charge on any atom is 0.265 e. The van der Waals surface area contributed by atoms with Crippen molar-refractivity contribution in [3.8, 4) is 11.8 Å². The molecule has 2 rings (SSSR count). The molecular weight excluding hydrogens is 309 g/mol. The first-order valence-electron chi connectivity index (χ1n) is 6.53. The maximum atomic E-state index is 13.5. The molecular formula is C16H11F3N2O2. The highest BCUT2D eigenvalue weighted by atomic mass is 19.2. The molecule has 2 aromatic carbocycles. The van der Waals surface area contributed by atoms with Crippen LogP contribution in [0.4, 0.5) is 18.9 Å². The van der Waals surface area contributed by atoms with Crippen LogP contribution in [0.2, 0.25) is 0 Å². The normalized spacial score (nSPS) is 11.4. The van der Waals surface area contributed by atoms with E-state index >= 15 is 0 Å². The van der Waals surface area contributed by atoms with Gasteiger partial charge in [-0.2, -0.15) is 5.26 Å². The lowest BCUT2D eigenvalue weighted by atomic mass is 10.2. The summed E-state index contributed by atoms with van der Waals surface area (Å²) >= 11 is 0. The van der Waals surface area contributed by atoms with Crippen LogP contribution >= 0.6 is 0 Å². The first-order chi connectivity index (χ1) is 10.9. The maximum absolute atomic E-state index is 13.5. The topological polar surface area (TPSA) is 62.1 Å². The van der Waals surface area contributed by atoms with Crippen molar-refractivity contribution >= 4 is 11.6 Å². The second-order valence-corrected chi connectivity index (χ2v) is 4.61. The van der Waals surface area contributed by atoms with Crippen LogP contribution in [-0.4, -0.2) is 12.0 Å². The lowest BCUT2D eigenvalue weighted by Gasteiger charge is -2.15. The van der Waals surface area contributed by atoms with Crippen LogP contribution in [0.15, 0.2) is 36.4 Å². The summed E-state index contributed by atoms with van der Waals surface area (Å²) in [5, 5.41) is 10.9. The zero-order chi connectivity index (χ0) is 17.0. The molecule has 0 saturated heterocycles. The van der Waals surface area contributed by atoms with Crippen LogP contribution in [0, 0.1) is 28.8 Å². The molecule has 0 heterocycles. The summed E-state index contributed by atoms with van der Waals surface area (Å²) in [5.74, 6) is -4.98. The van der Waals surface area contributed by atoms with Crippen molar-refractivity contribution < 1.29 is 22.7 Å². The molecule has 0 unspecified atom stereocenters. The predicted molar refractivity (Wildman–Crippen MR) is 76.2 cm³/mol. The number of halogens is 3. The van der Waals surface area contributed by atoms with Gasteiger partial charge in [-0.25, -0.2) is 13.2 Å². The first-order valence-corrected chi connectivity index (χ1v) is 6.53. The molecule has 1 N–H and O–H groups in total. The number of hydrogen-bond acceptors (Lipinski definition) is 3. The average molecular weight is 320 g/mol. The molecule has 0 fully saturated rings. The molecule has 1 amide bonds. The standard InChI is InChI=1S/C16H11F3N2O2/c1-9(23-11-4-2-3-10(7-11)8-20)16(22)21-13-6-5-12(17)14(18)15(13)19/h2-7,9H,1H3,(H,21,22)/t9-/m1/s1. The Hall–Kier alpha value is -3.01. The number of nitrogens with one attached hydrogen (secondary N) is 1. The Kier molecular flexibility index (Phi) is 4.86. The van der Waals surface area contributed by atoms with Crippen LogP contribution in [-0.2, 0) is 4.79 Å². The smallest absolute Gasteiger partial charge is 0.265 e. The highest BCUT2D eigenvalue weighted by molar-refractivity contribution is 5.94. The third-order valence-corrected chi connectivity index (χ3v) is 2.94. The van der Waals surface area contributed by atoms with Crippen molar-refractivity contribution in [3.63, 3.8) is 0 Å². The Morgan fingerprint density at radius 1 is 1.22 bits per heavy atom. The summed E-state index contributed by atoms with van der Waals surface area (Å²) in [7, 11) is 0. The Labute approximate surface area is 130 Å². The molecule has 0 saturated carbocycles. The molecule has 0 aromatic heterocycles. The minimum Gasteiger partial charge on any atom is -0.481 e. The molecule has 0 aliphatic heterocycles. The summed E-state index contributed by atoms with van der Waals surface area (Å²) in [6, 6.07) is 9.65. The molecule has 1 atom stereocenters. The second kappa shape index (κ2) is 6.83. The van der Waals surface area contributed by atoms with Gasteiger partial charge in [0.25, 0.3) is 5.91 Å². The Morgan fingerprint density at radius 2 is 1.96 bits per heavy atom. The van der Waals surface area contributed by atoms with E-state index in [0.717, 1.165) is 6.07 Å². The van der Waals surface area contributed by atoms with Gasteiger partial charge in [0.05, 0.1) is 17.3 Å². The van der Waals surface area contributed by atoms with Crippen LogP contribution in [0.5, 0.6) is 5.75 Å².